The first-order valence-electron chi connectivity index (χ1n) is 9.14. The largest absolute Gasteiger partial charge is 0.493 e. The molecule has 0 heterocycles. The third-order valence-corrected chi connectivity index (χ3v) is 4.24. The first-order valence-corrected chi connectivity index (χ1v) is 9.14. The molecule has 148 valence electrons. The van der Waals surface area contributed by atoms with Crippen molar-refractivity contribution in [3.8, 4) is 11.5 Å². The molecular formula is C24H22FNO3. The number of rotatable bonds is 7. The number of anilines is 1. The summed E-state index contributed by atoms with van der Waals surface area (Å²) in [6.45, 7) is 2.29. The van der Waals surface area contributed by atoms with Crippen LogP contribution in [0.5, 0.6) is 11.5 Å². The van der Waals surface area contributed by atoms with Gasteiger partial charge < -0.3 is 14.8 Å². The van der Waals surface area contributed by atoms with E-state index < -0.39 is 0 Å². The molecule has 3 aromatic carbocycles. The molecule has 0 aliphatic heterocycles. The van der Waals surface area contributed by atoms with E-state index in [4.69, 9.17) is 9.47 Å². The van der Waals surface area contributed by atoms with Crippen LogP contribution in [0, 0.1) is 12.7 Å². The summed E-state index contributed by atoms with van der Waals surface area (Å²) in [6.07, 6.45) is 3.17. The lowest BCUT2D eigenvalue weighted by Crippen LogP contribution is -2.07. The van der Waals surface area contributed by atoms with Gasteiger partial charge in [0.25, 0.3) is 0 Å². The van der Waals surface area contributed by atoms with Crippen LogP contribution in [-0.4, -0.2) is 13.0 Å². The molecule has 0 radical (unpaired) electrons. The topological polar surface area (TPSA) is 47.6 Å². The molecule has 29 heavy (non-hydrogen) atoms. The molecule has 5 heteroatoms. The van der Waals surface area contributed by atoms with Crippen molar-refractivity contribution in [1.82, 2.24) is 0 Å². The molecule has 0 unspecified atom stereocenters. The second-order valence-electron chi connectivity index (χ2n) is 6.51. The highest BCUT2D eigenvalue weighted by Crippen LogP contribution is 2.29. The van der Waals surface area contributed by atoms with Crippen LogP contribution in [0.3, 0.4) is 0 Å². The smallest absolute Gasteiger partial charge is 0.248 e. The Kier molecular flexibility index (Phi) is 6.63. The van der Waals surface area contributed by atoms with Gasteiger partial charge in [-0.3, -0.25) is 4.79 Å². The van der Waals surface area contributed by atoms with Crippen LogP contribution in [0.1, 0.15) is 16.7 Å². The zero-order valence-electron chi connectivity index (χ0n) is 16.3. The predicted molar refractivity (Wildman–Crippen MR) is 113 cm³/mol. The van der Waals surface area contributed by atoms with Gasteiger partial charge in [0, 0.05) is 11.8 Å². The van der Waals surface area contributed by atoms with Crippen LogP contribution in [0.4, 0.5) is 10.1 Å². The number of methoxy groups -OCH3 is 1. The Morgan fingerprint density at radius 1 is 1.00 bits per heavy atom. The van der Waals surface area contributed by atoms with Crippen LogP contribution >= 0.6 is 0 Å². The summed E-state index contributed by atoms with van der Waals surface area (Å²) in [7, 11) is 1.55. The van der Waals surface area contributed by atoms with Crippen LogP contribution in [-0.2, 0) is 11.4 Å². The lowest BCUT2D eigenvalue weighted by Gasteiger charge is -2.11. The minimum Gasteiger partial charge on any atom is -0.493 e. The van der Waals surface area contributed by atoms with E-state index in [1.165, 1.54) is 18.2 Å². The summed E-state index contributed by atoms with van der Waals surface area (Å²) in [5.41, 5.74) is 3.53. The van der Waals surface area contributed by atoms with E-state index in [1.807, 2.05) is 37.3 Å². The van der Waals surface area contributed by atoms with E-state index in [0.717, 1.165) is 22.4 Å². The monoisotopic (exact) mass is 391 g/mol. The number of halogens is 1. The van der Waals surface area contributed by atoms with Crippen molar-refractivity contribution in [2.24, 2.45) is 0 Å². The quantitative estimate of drug-likeness (QED) is 0.551. The molecule has 0 fully saturated rings. The van der Waals surface area contributed by atoms with Gasteiger partial charge in [0.15, 0.2) is 11.5 Å². The molecule has 0 aromatic heterocycles. The van der Waals surface area contributed by atoms with Gasteiger partial charge in [-0.25, -0.2) is 4.39 Å². The number of ether oxygens (including phenoxy) is 2. The van der Waals surface area contributed by atoms with Gasteiger partial charge in [-0.05, 0) is 60.5 Å². The molecule has 0 atom stereocenters. The fourth-order valence-electron chi connectivity index (χ4n) is 2.64. The number of carbonyl (C=O) groups excluding carboxylic acids is 1. The van der Waals surface area contributed by atoms with Crippen molar-refractivity contribution >= 4 is 17.7 Å². The molecule has 0 saturated heterocycles. The summed E-state index contributed by atoms with van der Waals surface area (Å²) in [4.78, 5) is 12.1. The molecule has 3 rings (SSSR count). The van der Waals surface area contributed by atoms with Gasteiger partial charge in [0.2, 0.25) is 5.91 Å². The van der Waals surface area contributed by atoms with Crippen LogP contribution < -0.4 is 14.8 Å². The fraction of sp³-hybridized carbons (Fsp3) is 0.125. The second kappa shape index (κ2) is 9.55. The summed E-state index contributed by atoms with van der Waals surface area (Å²) >= 11 is 0. The minimum atomic E-state index is -0.283. The van der Waals surface area contributed by atoms with Gasteiger partial charge in [-0.1, -0.05) is 35.9 Å². The SMILES string of the molecule is COc1cc(/C=C/C(=O)Nc2ccc(C)cc2)ccc1OCc1ccc(F)cc1. The zero-order valence-corrected chi connectivity index (χ0v) is 16.3. The maximum Gasteiger partial charge on any atom is 0.248 e. The molecule has 0 spiro atoms. The van der Waals surface area contributed by atoms with E-state index in [9.17, 15) is 9.18 Å². The summed E-state index contributed by atoms with van der Waals surface area (Å²) in [5, 5.41) is 2.81. The first kappa shape index (κ1) is 20.1. The lowest BCUT2D eigenvalue weighted by molar-refractivity contribution is -0.111. The minimum absolute atomic E-state index is 0.218. The highest BCUT2D eigenvalue weighted by molar-refractivity contribution is 6.01. The van der Waals surface area contributed by atoms with Crippen molar-refractivity contribution in [1.29, 1.82) is 0 Å². The Labute approximate surface area is 169 Å². The number of aryl methyl sites for hydroxylation is 1. The van der Waals surface area contributed by atoms with Crippen LogP contribution in [0.2, 0.25) is 0 Å². The molecule has 0 bridgehead atoms. The number of hydrogen-bond acceptors (Lipinski definition) is 3. The summed E-state index contributed by atoms with van der Waals surface area (Å²) in [6, 6.07) is 19.1. The fourth-order valence-corrected chi connectivity index (χ4v) is 2.64. The zero-order chi connectivity index (χ0) is 20.6. The molecule has 3 aromatic rings. The summed E-state index contributed by atoms with van der Waals surface area (Å²) < 4.78 is 24.1. The van der Waals surface area contributed by atoms with Crippen molar-refractivity contribution in [3.63, 3.8) is 0 Å². The van der Waals surface area contributed by atoms with Crippen molar-refractivity contribution in [2.45, 2.75) is 13.5 Å². The maximum atomic E-state index is 13.0. The van der Waals surface area contributed by atoms with Gasteiger partial charge in [-0.2, -0.15) is 0 Å². The highest BCUT2D eigenvalue weighted by atomic mass is 19.1. The predicted octanol–water partition coefficient (Wildman–Crippen LogP) is 5.37. The van der Waals surface area contributed by atoms with E-state index in [0.29, 0.717) is 18.1 Å². The van der Waals surface area contributed by atoms with Crippen molar-refractivity contribution < 1.29 is 18.7 Å². The number of benzene rings is 3. The van der Waals surface area contributed by atoms with E-state index in [-0.39, 0.29) is 11.7 Å². The molecule has 1 amide bonds. The van der Waals surface area contributed by atoms with Gasteiger partial charge in [-0.15, -0.1) is 0 Å². The Hall–Kier alpha value is -3.60. The van der Waals surface area contributed by atoms with Crippen LogP contribution in [0.25, 0.3) is 6.08 Å². The molecule has 0 saturated carbocycles. The number of hydrogen-bond donors (Lipinski definition) is 1. The lowest BCUT2D eigenvalue weighted by atomic mass is 10.1. The Balaban J connectivity index is 1.62. The van der Waals surface area contributed by atoms with E-state index in [2.05, 4.69) is 5.32 Å². The number of nitrogens with one attached hydrogen (secondary N) is 1. The third-order valence-electron chi connectivity index (χ3n) is 4.24. The normalized spacial score (nSPS) is 10.7. The number of carbonyl (C=O) groups is 1. The van der Waals surface area contributed by atoms with Crippen molar-refractivity contribution in [3.05, 3.63) is 95.3 Å². The molecular weight excluding hydrogens is 369 g/mol. The Bertz CT molecular complexity index is 996. The van der Waals surface area contributed by atoms with Gasteiger partial charge in [0.1, 0.15) is 12.4 Å². The highest BCUT2D eigenvalue weighted by Gasteiger charge is 2.06. The van der Waals surface area contributed by atoms with E-state index in [1.54, 1.807) is 37.5 Å². The second-order valence-corrected chi connectivity index (χ2v) is 6.51. The molecule has 0 aliphatic carbocycles. The van der Waals surface area contributed by atoms with E-state index >= 15 is 0 Å². The molecule has 1 N–H and O–H groups in total. The maximum absolute atomic E-state index is 13.0. The van der Waals surface area contributed by atoms with Crippen molar-refractivity contribution in [2.75, 3.05) is 12.4 Å². The summed E-state index contributed by atoms with van der Waals surface area (Å²) in [5.74, 6) is 0.615. The van der Waals surface area contributed by atoms with Gasteiger partial charge in [0.05, 0.1) is 7.11 Å². The molecule has 4 nitrogen and oxygen atoms in total. The molecule has 0 aliphatic rings. The van der Waals surface area contributed by atoms with Crippen LogP contribution in [0.15, 0.2) is 72.8 Å². The van der Waals surface area contributed by atoms with Gasteiger partial charge >= 0.3 is 0 Å². The standard InChI is InChI=1S/C24H22FNO3/c1-17-3-11-21(12-4-17)26-24(27)14-8-18-7-13-22(23(15-18)28-2)29-16-19-5-9-20(25)10-6-19/h3-15H,16H2,1-2H3,(H,26,27)/b14-8+. The first-order chi connectivity index (χ1) is 14.0. The Morgan fingerprint density at radius 3 is 2.41 bits per heavy atom. The third kappa shape index (κ3) is 5.94. The average Bonchev–Trinajstić information content (AvgIpc) is 2.74. The Morgan fingerprint density at radius 2 is 1.72 bits per heavy atom. The number of amides is 1. The average molecular weight is 391 g/mol.